The molecule has 3 rings (SSSR count). The van der Waals surface area contributed by atoms with Crippen LogP contribution < -0.4 is 5.69 Å². The lowest BCUT2D eigenvalue weighted by Crippen LogP contribution is -2.35. The first-order valence-corrected chi connectivity index (χ1v) is 5.91. The van der Waals surface area contributed by atoms with E-state index < -0.39 is 42.7 Å². The number of rotatable bonds is 2. The lowest BCUT2D eigenvalue weighted by molar-refractivity contribution is -0.0547. The number of nitrogens with zero attached hydrogens (tertiary/aromatic N) is 2. The average molecular weight is 285 g/mol. The Kier molecular flexibility index (Phi) is 3.05. The summed E-state index contributed by atoms with van der Waals surface area (Å²) in [7, 11) is 0. The Labute approximate surface area is 111 Å². The third-order valence-electron chi connectivity index (χ3n) is 3.34. The summed E-state index contributed by atoms with van der Waals surface area (Å²) in [6, 6.07) is 0. The Hall–Kier alpha value is -1.81. The quantitative estimate of drug-likeness (QED) is 0.531. The van der Waals surface area contributed by atoms with Gasteiger partial charge in [0.25, 0.3) is 0 Å². The van der Waals surface area contributed by atoms with Crippen molar-refractivity contribution in [3.05, 3.63) is 28.7 Å². The zero-order chi connectivity index (χ0) is 14.4. The molecular formula is C11H12FN3O5. The lowest BCUT2D eigenvalue weighted by atomic mass is 10.1. The zero-order valence-corrected chi connectivity index (χ0v) is 10.1. The monoisotopic (exact) mass is 285 g/mol. The Morgan fingerprint density at radius 1 is 1.45 bits per heavy atom. The molecule has 3 heterocycles. The molecule has 108 valence electrons. The molecule has 20 heavy (non-hydrogen) atoms. The van der Waals surface area contributed by atoms with Crippen molar-refractivity contribution in [2.75, 3.05) is 6.61 Å². The summed E-state index contributed by atoms with van der Waals surface area (Å²) in [6.45, 7) is -0.516. The van der Waals surface area contributed by atoms with E-state index >= 15 is 0 Å². The molecule has 0 saturated carbocycles. The molecule has 0 amide bonds. The molecule has 8 nitrogen and oxygen atoms in total. The lowest BCUT2D eigenvalue weighted by Gasteiger charge is -2.16. The number of aromatic nitrogens is 3. The van der Waals surface area contributed by atoms with Gasteiger partial charge in [-0.05, 0) is 0 Å². The molecule has 4 unspecified atom stereocenters. The minimum Gasteiger partial charge on any atom is -0.394 e. The van der Waals surface area contributed by atoms with Gasteiger partial charge in [0.05, 0.1) is 12.0 Å². The maximum Gasteiger partial charge on any atom is 0.351 e. The maximum atomic E-state index is 13.5. The second-order valence-electron chi connectivity index (χ2n) is 4.56. The van der Waals surface area contributed by atoms with Crippen LogP contribution in [0.4, 0.5) is 4.39 Å². The first kappa shape index (κ1) is 13.2. The molecule has 9 heteroatoms. The molecule has 0 aromatic carbocycles. The van der Waals surface area contributed by atoms with Crippen LogP contribution >= 0.6 is 0 Å². The second kappa shape index (κ2) is 4.63. The van der Waals surface area contributed by atoms with E-state index in [0.29, 0.717) is 0 Å². The fourth-order valence-corrected chi connectivity index (χ4v) is 2.26. The fraction of sp³-hybridized carbons (Fsp3) is 0.455. The van der Waals surface area contributed by atoms with E-state index in [2.05, 4.69) is 9.97 Å². The predicted molar refractivity (Wildman–Crippen MR) is 63.3 cm³/mol. The van der Waals surface area contributed by atoms with E-state index in [1.54, 1.807) is 0 Å². The molecular weight excluding hydrogens is 273 g/mol. The van der Waals surface area contributed by atoms with Crippen molar-refractivity contribution in [1.29, 1.82) is 0 Å². The van der Waals surface area contributed by atoms with Crippen LogP contribution in [0.5, 0.6) is 0 Å². The van der Waals surface area contributed by atoms with Crippen molar-refractivity contribution >= 4 is 11.0 Å². The number of nitrogens with one attached hydrogen (secondary N) is 1. The molecule has 0 spiro atoms. The maximum absolute atomic E-state index is 13.5. The Balaban J connectivity index is 2.08. The highest BCUT2D eigenvalue weighted by Gasteiger charge is 2.43. The van der Waals surface area contributed by atoms with E-state index in [1.807, 2.05) is 0 Å². The number of H-pyrrole nitrogens is 1. The minimum absolute atomic E-state index is 0.0577. The van der Waals surface area contributed by atoms with E-state index in [1.165, 1.54) is 0 Å². The highest BCUT2D eigenvalue weighted by molar-refractivity contribution is 5.74. The number of aliphatic hydroxyl groups is 3. The van der Waals surface area contributed by atoms with Crippen LogP contribution in [0.3, 0.4) is 0 Å². The molecule has 4 atom stereocenters. The summed E-state index contributed by atoms with van der Waals surface area (Å²) in [5.41, 5.74) is -0.690. The topological polar surface area (TPSA) is 121 Å². The van der Waals surface area contributed by atoms with E-state index in [9.17, 15) is 19.4 Å². The molecule has 1 saturated heterocycles. The summed E-state index contributed by atoms with van der Waals surface area (Å²) in [5.74, 6) is -0.604. The minimum atomic E-state index is -1.42. The van der Waals surface area contributed by atoms with Crippen LogP contribution in [-0.2, 0) is 4.74 Å². The zero-order valence-electron chi connectivity index (χ0n) is 10.1. The molecule has 0 bridgehead atoms. The standard InChI is InChI=1S/C11H12FN3O5/c12-5-1-13-9-4(5)2-15(11(19)14-9)10-8(18)7(17)6(3-16)20-10/h1-2,6-8,10,16-18H,3H2,(H,13,14,19). The van der Waals surface area contributed by atoms with Crippen molar-refractivity contribution in [2.45, 2.75) is 24.5 Å². The number of ether oxygens (including phenoxy) is 1. The van der Waals surface area contributed by atoms with Crippen LogP contribution in [0, 0.1) is 5.82 Å². The molecule has 1 aliphatic rings. The third kappa shape index (κ3) is 1.83. The smallest absolute Gasteiger partial charge is 0.351 e. The molecule has 1 fully saturated rings. The van der Waals surface area contributed by atoms with Gasteiger partial charge in [-0.2, -0.15) is 4.98 Å². The van der Waals surface area contributed by atoms with Crippen molar-refractivity contribution in [1.82, 2.24) is 14.5 Å². The van der Waals surface area contributed by atoms with Crippen LogP contribution in [0.25, 0.3) is 11.0 Å². The number of fused-ring (bicyclic) bond motifs is 1. The fourth-order valence-electron chi connectivity index (χ4n) is 2.26. The highest BCUT2D eigenvalue weighted by Crippen LogP contribution is 2.28. The Morgan fingerprint density at radius 2 is 2.20 bits per heavy atom. The van der Waals surface area contributed by atoms with Gasteiger partial charge in [-0.1, -0.05) is 0 Å². The van der Waals surface area contributed by atoms with Gasteiger partial charge in [-0.3, -0.25) is 4.57 Å². The number of halogens is 1. The molecule has 2 aromatic rings. The van der Waals surface area contributed by atoms with Crippen LogP contribution in [-0.4, -0.2) is 54.8 Å². The van der Waals surface area contributed by atoms with E-state index in [-0.39, 0.29) is 11.0 Å². The van der Waals surface area contributed by atoms with Crippen molar-refractivity contribution < 1.29 is 24.4 Å². The summed E-state index contributed by atoms with van der Waals surface area (Å²) in [5, 5.41) is 28.6. The Bertz CT molecular complexity index is 699. The van der Waals surface area contributed by atoms with Gasteiger partial charge in [0.2, 0.25) is 0 Å². The number of hydrogen-bond donors (Lipinski definition) is 4. The molecule has 2 aromatic heterocycles. The van der Waals surface area contributed by atoms with Gasteiger partial charge < -0.3 is 25.0 Å². The van der Waals surface area contributed by atoms with Gasteiger partial charge >= 0.3 is 5.69 Å². The molecule has 0 radical (unpaired) electrons. The van der Waals surface area contributed by atoms with Gasteiger partial charge in [-0.25, -0.2) is 9.18 Å². The first-order valence-electron chi connectivity index (χ1n) is 5.91. The molecule has 1 aliphatic heterocycles. The second-order valence-corrected chi connectivity index (χ2v) is 4.56. The van der Waals surface area contributed by atoms with Crippen LogP contribution in [0.15, 0.2) is 17.2 Å². The Morgan fingerprint density at radius 3 is 2.85 bits per heavy atom. The summed E-state index contributed by atoms with van der Waals surface area (Å²) in [4.78, 5) is 18.0. The predicted octanol–water partition coefficient (Wildman–Crippen LogP) is -1.52. The van der Waals surface area contributed by atoms with Crippen LogP contribution in [0.1, 0.15) is 6.23 Å². The van der Waals surface area contributed by atoms with Crippen LogP contribution in [0.2, 0.25) is 0 Å². The number of aromatic amines is 1. The van der Waals surface area contributed by atoms with Gasteiger partial charge in [0.15, 0.2) is 12.0 Å². The summed E-state index contributed by atoms with van der Waals surface area (Å²) in [6.07, 6.45) is -2.82. The largest absolute Gasteiger partial charge is 0.394 e. The highest BCUT2D eigenvalue weighted by atomic mass is 19.1. The first-order chi connectivity index (χ1) is 9.52. The van der Waals surface area contributed by atoms with E-state index in [4.69, 9.17) is 9.84 Å². The third-order valence-corrected chi connectivity index (χ3v) is 3.34. The van der Waals surface area contributed by atoms with Crippen molar-refractivity contribution in [3.63, 3.8) is 0 Å². The van der Waals surface area contributed by atoms with Gasteiger partial charge in [0.1, 0.15) is 24.0 Å². The van der Waals surface area contributed by atoms with Crippen molar-refractivity contribution in [2.24, 2.45) is 0 Å². The summed E-state index contributed by atoms with van der Waals surface area (Å²) < 4.78 is 19.6. The van der Waals surface area contributed by atoms with Gasteiger partial charge in [-0.15, -0.1) is 0 Å². The average Bonchev–Trinajstić information content (AvgIpc) is 2.92. The SMILES string of the molecule is O=c1nc2[nH]cc(F)c2cn1C1OC(CO)C(O)C1O. The van der Waals surface area contributed by atoms with Gasteiger partial charge in [0, 0.05) is 12.4 Å². The molecule has 0 aliphatic carbocycles. The van der Waals surface area contributed by atoms with Crippen molar-refractivity contribution in [3.8, 4) is 0 Å². The van der Waals surface area contributed by atoms with E-state index in [0.717, 1.165) is 17.0 Å². The summed E-state index contributed by atoms with van der Waals surface area (Å²) >= 11 is 0. The molecule has 4 N–H and O–H groups in total. The number of hydrogen-bond acceptors (Lipinski definition) is 6. The number of aliphatic hydroxyl groups excluding tert-OH is 3. The normalized spacial score (nSPS) is 30.2.